The van der Waals surface area contributed by atoms with E-state index >= 15 is 0 Å². The maximum atomic E-state index is 6.00. The van der Waals surface area contributed by atoms with Gasteiger partial charge in [0.1, 0.15) is 0 Å². The molecule has 0 aromatic heterocycles. The van der Waals surface area contributed by atoms with Crippen molar-refractivity contribution in [2.45, 2.75) is 32.7 Å². The molecule has 1 heterocycles. The first kappa shape index (κ1) is 12.8. The van der Waals surface area contributed by atoms with Crippen LogP contribution in [0.5, 0.6) is 0 Å². The monoisotopic (exact) mass is 268 g/mol. The highest BCUT2D eigenvalue weighted by Gasteiger charge is 2.28. The predicted molar refractivity (Wildman–Crippen MR) is 78.4 cm³/mol. The zero-order valence-electron chi connectivity index (χ0n) is 10.4. The average molecular weight is 269 g/mol. The number of amidine groups is 1. The minimum Gasteiger partial charge on any atom is -0.335 e. The number of thioether (sulfide) groups is 1. The standard InChI is InChI=1S/C13H17ClN2S/c1-4-13(3)8-17-12(16-13)15-11-7-10(14)6-5-9(11)2/h5-7H,4,8H2,1-3H3,(H,15,16). The van der Waals surface area contributed by atoms with Crippen molar-refractivity contribution < 1.29 is 0 Å². The number of halogens is 1. The molecule has 2 rings (SSSR count). The smallest absolute Gasteiger partial charge is 0.161 e. The topological polar surface area (TPSA) is 24.4 Å². The van der Waals surface area contributed by atoms with Crippen molar-refractivity contribution in [3.63, 3.8) is 0 Å². The second-order valence-electron chi connectivity index (χ2n) is 4.64. The number of aryl methyl sites for hydroxylation is 1. The molecule has 0 radical (unpaired) electrons. The van der Waals surface area contributed by atoms with Crippen molar-refractivity contribution in [2.24, 2.45) is 4.99 Å². The summed E-state index contributed by atoms with van der Waals surface area (Å²) in [5.41, 5.74) is 2.31. The van der Waals surface area contributed by atoms with Gasteiger partial charge in [-0.25, -0.2) is 0 Å². The molecule has 0 saturated carbocycles. The molecule has 1 aromatic rings. The quantitative estimate of drug-likeness (QED) is 0.863. The van der Waals surface area contributed by atoms with Gasteiger partial charge in [0.2, 0.25) is 0 Å². The molecule has 92 valence electrons. The lowest BCUT2D eigenvalue weighted by Gasteiger charge is -2.15. The van der Waals surface area contributed by atoms with Crippen LogP contribution in [0.25, 0.3) is 0 Å². The lowest BCUT2D eigenvalue weighted by molar-refractivity contribution is 0.523. The highest BCUT2D eigenvalue weighted by Crippen LogP contribution is 2.31. The Kier molecular flexibility index (Phi) is 3.69. The molecule has 1 unspecified atom stereocenters. The fraction of sp³-hybridized carbons (Fsp3) is 0.462. The van der Waals surface area contributed by atoms with Crippen molar-refractivity contribution in [2.75, 3.05) is 11.1 Å². The summed E-state index contributed by atoms with van der Waals surface area (Å²) in [7, 11) is 0. The van der Waals surface area contributed by atoms with Crippen LogP contribution in [-0.4, -0.2) is 16.5 Å². The van der Waals surface area contributed by atoms with E-state index in [0.717, 1.165) is 28.1 Å². The summed E-state index contributed by atoms with van der Waals surface area (Å²) in [5, 5.41) is 5.12. The van der Waals surface area contributed by atoms with Crippen LogP contribution in [0.3, 0.4) is 0 Å². The van der Waals surface area contributed by atoms with Crippen LogP contribution in [0, 0.1) is 6.92 Å². The molecule has 0 saturated heterocycles. The molecule has 0 spiro atoms. The van der Waals surface area contributed by atoms with Crippen LogP contribution < -0.4 is 5.32 Å². The number of nitrogens with one attached hydrogen (secondary N) is 1. The van der Waals surface area contributed by atoms with Gasteiger partial charge in [0, 0.05) is 16.5 Å². The first-order valence-electron chi connectivity index (χ1n) is 5.78. The van der Waals surface area contributed by atoms with Gasteiger partial charge in [-0.15, -0.1) is 0 Å². The molecule has 0 aliphatic carbocycles. The number of anilines is 1. The maximum Gasteiger partial charge on any atom is 0.161 e. The molecule has 1 aromatic carbocycles. The highest BCUT2D eigenvalue weighted by molar-refractivity contribution is 8.14. The van der Waals surface area contributed by atoms with Crippen LogP contribution >= 0.6 is 23.4 Å². The van der Waals surface area contributed by atoms with Crippen molar-refractivity contribution >= 4 is 34.2 Å². The molecule has 17 heavy (non-hydrogen) atoms. The number of rotatable bonds is 2. The third kappa shape index (κ3) is 2.96. The Hall–Kier alpha value is -0.670. The second kappa shape index (κ2) is 4.91. The lowest BCUT2D eigenvalue weighted by atomic mass is 10.0. The van der Waals surface area contributed by atoms with Crippen molar-refractivity contribution in [3.8, 4) is 0 Å². The van der Waals surface area contributed by atoms with Gasteiger partial charge in [0.15, 0.2) is 5.17 Å². The molecule has 0 amide bonds. The van der Waals surface area contributed by atoms with Gasteiger partial charge in [0.05, 0.1) is 5.54 Å². The van der Waals surface area contributed by atoms with E-state index < -0.39 is 0 Å². The predicted octanol–water partition coefficient (Wildman–Crippen LogP) is 4.33. The zero-order valence-corrected chi connectivity index (χ0v) is 12.0. The molecule has 1 N–H and O–H groups in total. The van der Waals surface area contributed by atoms with E-state index in [0.29, 0.717) is 0 Å². The molecule has 2 nitrogen and oxygen atoms in total. The Bertz CT molecular complexity index is 459. The summed E-state index contributed by atoms with van der Waals surface area (Å²) in [6, 6.07) is 5.87. The number of hydrogen-bond donors (Lipinski definition) is 1. The van der Waals surface area contributed by atoms with Crippen molar-refractivity contribution in [3.05, 3.63) is 28.8 Å². The molecule has 4 heteroatoms. The van der Waals surface area contributed by atoms with Gasteiger partial charge in [-0.1, -0.05) is 36.4 Å². The summed E-state index contributed by atoms with van der Waals surface area (Å²) in [6.45, 7) is 6.44. The first-order valence-corrected chi connectivity index (χ1v) is 7.14. The van der Waals surface area contributed by atoms with Crippen LogP contribution in [0.4, 0.5) is 5.69 Å². The van der Waals surface area contributed by atoms with Gasteiger partial charge in [-0.3, -0.25) is 4.99 Å². The first-order chi connectivity index (χ1) is 8.02. The van der Waals surface area contributed by atoms with E-state index in [2.05, 4.69) is 26.1 Å². The third-order valence-electron chi connectivity index (χ3n) is 3.09. The minimum absolute atomic E-state index is 0.0828. The highest BCUT2D eigenvalue weighted by atomic mass is 35.5. The summed E-state index contributed by atoms with van der Waals surface area (Å²) in [5.74, 6) is 1.05. The molecular weight excluding hydrogens is 252 g/mol. The molecule has 1 aliphatic heterocycles. The summed E-state index contributed by atoms with van der Waals surface area (Å²) in [4.78, 5) is 4.73. The average Bonchev–Trinajstić information content (AvgIpc) is 2.67. The molecule has 1 atom stereocenters. The molecular formula is C13H17ClN2S. The molecule has 1 aliphatic rings. The van der Waals surface area contributed by atoms with Crippen molar-refractivity contribution in [1.29, 1.82) is 0 Å². The van der Waals surface area contributed by atoms with E-state index in [1.807, 2.05) is 18.2 Å². The molecule has 0 fully saturated rings. The van der Waals surface area contributed by atoms with Gasteiger partial charge in [-0.2, -0.15) is 0 Å². The maximum absolute atomic E-state index is 6.00. The van der Waals surface area contributed by atoms with E-state index in [9.17, 15) is 0 Å². The van der Waals surface area contributed by atoms with Gasteiger partial charge in [0.25, 0.3) is 0 Å². The number of benzene rings is 1. The van der Waals surface area contributed by atoms with Crippen LogP contribution in [-0.2, 0) is 0 Å². The van der Waals surface area contributed by atoms with E-state index in [4.69, 9.17) is 16.6 Å². The summed E-state index contributed by atoms with van der Waals surface area (Å²) < 4.78 is 0. The normalized spacial score (nSPS) is 23.6. The Morgan fingerprint density at radius 2 is 2.29 bits per heavy atom. The number of hydrogen-bond acceptors (Lipinski definition) is 3. The van der Waals surface area contributed by atoms with Gasteiger partial charge < -0.3 is 5.32 Å². The second-order valence-corrected chi connectivity index (χ2v) is 6.04. The number of aliphatic imine (C=N–C) groups is 1. The van der Waals surface area contributed by atoms with E-state index in [-0.39, 0.29) is 5.54 Å². The Labute approximate surface area is 112 Å². The van der Waals surface area contributed by atoms with Gasteiger partial charge >= 0.3 is 0 Å². The van der Waals surface area contributed by atoms with Crippen LogP contribution in [0.2, 0.25) is 5.02 Å². The van der Waals surface area contributed by atoms with Gasteiger partial charge in [-0.05, 0) is 38.0 Å². The summed E-state index contributed by atoms with van der Waals surface area (Å²) >= 11 is 7.78. The van der Waals surface area contributed by atoms with E-state index in [1.54, 1.807) is 11.8 Å². The van der Waals surface area contributed by atoms with E-state index in [1.165, 1.54) is 5.56 Å². The number of nitrogens with zero attached hydrogens (tertiary/aromatic N) is 1. The van der Waals surface area contributed by atoms with Crippen molar-refractivity contribution in [1.82, 2.24) is 0 Å². The SMILES string of the molecule is CCC1(C)CSC(Nc2cc(Cl)ccc2C)=N1. The Balaban J connectivity index is 2.17. The molecule has 0 bridgehead atoms. The minimum atomic E-state index is 0.0828. The Morgan fingerprint density at radius 3 is 2.94 bits per heavy atom. The van der Waals surface area contributed by atoms with Crippen LogP contribution in [0.1, 0.15) is 25.8 Å². The zero-order chi connectivity index (χ0) is 12.5. The fourth-order valence-corrected chi connectivity index (χ4v) is 2.98. The fourth-order valence-electron chi connectivity index (χ4n) is 1.62. The lowest BCUT2D eigenvalue weighted by Crippen LogP contribution is -2.20. The Morgan fingerprint density at radius 1 is 1.53 bits per heavy atom. The summed E-state index contributed by atoms with van der Waals surface area (Å²) in [6.07, 6.45) is 1.07. The third-order valence-corrected chi connectivity index (χ3v) is 4.56. The largest absolute Gasteiger partial charge is 0.335 e. The van der Waals surface area contributed by atoms with Crippen LogP contribution in [0.15, 0.2) is 23.2 Å².